The predicted molar refractivity (Wildman–Crippen MR) is 163 cm³/mol. The summed E-state index contributed by atoms with van der Waals surface area (Å²) in [6.07, 6.45) is 19.8. The van der Waals surface area contributed by atoms with Crippen LogP contribution in [0.3, 0.4) is 0 Å². The Morgan fingerprint density at radius 3 is 1.95 bits per heavy atom. The quantitative estimate of drug-likeness (QED) is 0.113. The second-order valence-electron chi connectivity index (χ2n) is 10.6. The lowest BCUT2D eigenvalue weighted by Crippen LogP contribution is -2.49. The van der Waals surface area contributed by atoms with Crippen LogP contribution in [-0.4, -0.2) is 57.2 Å². The van der Waals surface area contributed by atoms with E-state index in [1.807, 2.05) is 30.3 Å². The molecule has 0 spiro atoms. The van der Waals surface area contributed by atoms with E-state index < -0.39 is 6.04 Å². The number of hydrogen-bond acceptors (Lipinski definition) is 5. The molecule has 0 saturated heterocycles. The molecule has 5 N–H and O–H groups in total. The van der Waals surface area contributed by atoms with Crippen molar-refractivity contribution in [3.05, 3.63) is 35.9 Å². The molecule has 2 amide bonds. The fraction of sp³-hybridized carbons (Fsp3) is 0.750. The highest BCUT2D eigenvalue weighted by atomic mass is 16.5. The van der Waals surface area contributed by atoms with Gasteiger partial charge >= 0.3 is 0 Å². The maximum absolute atomic E-state index is 12.7. The molecule has 1 unspecified atom stereocenters. The average molecular weight is 547 g/mol. The van der Waals surface area contributed by atoms with Crippen LogP contribution >= 0.6 is 0 Å². The summed E-state index contributed by atoms with van der Waals surface area (Å²) in [7, 11) is 0. The predicted octanol–water partition coefficient (Wildman–Crippen LogP) is 5.27. The molecule has 1 aromatic carbocycles. The van der Waals surface area contributed by atoms with Crippen molar-refractivity contribution in [1.29, 1.82) is 0 Å². The first-order valence-corrected chi connectivity index (χ1v) is 15.8. The van der Waals surface area contributed by atoms with Gasteiger partial charge in [-0.3, -0.25) is 9.59 Å². The average Bonchev–Trinajstić information content (AvgIpc) is 2.94. The van der Waals surface area contributed by atoms with Crippen LogP contribution in [0.2, 0.25) is 0 Å². The molecule has 224 valence electrons. The van der Waals surface area contributed by atoms with Crippen molar-refractivity contribution in [2.45, 2.75) is 116 Å². The summed E-state index contributed by atoms with van der Waals surface area (Å²) >= 11 is 0. The van der Waals surface area contributed by atoms with Gasteiger partial charge in [-0.15, -0.1) is 0 Å². The molecular formula is C32H58N4O3. The van der Waals surface area contributed by atoms with Crippen LogP contribution in [0.4, 0.5) is 0 Å². The largest absolute Gasteiger partial charge is 0.378 e. The molecule has 0 bridgehead atoms. The lowest BCUT2D eigenvalue weighted by molar-refractivity contribution is -0.129. The zero-order chi connectivity index (χ0) is 28.2. The molecule has 0 aliphatic rings. The van der Waals surface area contributed by atoms with Crippen molar-refractivity contribution in [2.75, 3.05) is 39.4 Å². The van der Waals surface area contributed by atoms with Gasteiger partial charge in [0.05, 0.1) is 13.2 Å². The van der Waals surface area contributed by atoms with Crippen molar-refractivity contribution in [1.82, 2.24) is 16.0 Å². The van der Waals surface area contributed by atoms with Crippen LogP contribution in [-0.2, 0) is 20.7 Å². The molecule has 39 heavy (non-hydrogen) atoms. The first-order valence-electron chi connectivity index (χ1n) is 15.8. The minimum absolute atomic E-state index is 0.112. The molecule has 1 atom stereocenters. The summed E-state index contributed by atoms with van der Waals surface area (Å²) < 4.78 is 5.32. The van der Waals surface area contributed by atoms with Crippen LogP contribution in [0.1, 0.15) is 109 Å². The Morgan fingerprint density at radius 2 is 1.36 bits per heavy atom. The normalized spacial score (nSPS) is 11.8. The molecule has 0 heterocycles. The molecular weight excluding hydrogens is 488 g/mol. The number of amides is 2. The van der Waals surface area contributed by atoms with E-state index in [4.69, 9.17) is 10.5 Å². The molecule has 1 aromatic rings. The minimum Gasteiger partial charge on any atom is -0.378 e. The van der Waals surface area contributed by atoms with Crippen LogP contribution in [0.5, 0.6) is 0 Å². The monoisotopic (exact) mass is 546 g/mol. The molecule has 0 radical (unpaired) electrons. The smallest absolute Gasteiger partial charge is 0.243 e. The number of carbonyl (C=O) groups is 2. The van der Waals surface area contributed by atoms with Crippen molar-refractivity contribution >= 4 is 11.8 Å². The molecule has 7 nitrogen and oxygen atoms in total. The Kier molecular flexibility index (Phi) is 23.6. The van der Waals surface area contributed by atoms with E-state index in [2.05, 4.69) is 22.9 Å². The number of nitrogens with one attached hydrogen (secondary N) is 3. The number of unbranched alkanes of at least 4 members (excludes halogenated alkanes) is 13. The lowest BCUT2D eigenvalue weighted by atomic mass is 10.0. The maximum atomic E-state index is 12.7. The van der Waals surface area contributed by atoms with E-state index in [1.165, 1.54) is 83.5 Å². The molecule has 7 heteroatoms. The number of nitrogens with two attached hydrogens (primary N) is 1. The van der Waals surface area contributed by atoms with Crippen molar-refractivity contribution in [2.24, 2.45) is 5.73 Å². The third kappa shape index (κ3) is 21.5. The van der Waals surface area contributed by atoms with Gasteiger partial charge in [-0.05, 0) is 18.5 Å². The fourth-order valence-electron chi connectivity index (χ4n) is 4.65. The van der Waals surface area contributed by atoms with Gasteiger partial charge in [0.15, 0.2) is 0 Å². The standard InChI is InChI=1S/C32H58N4O3/c1-2-3-4-5-6-7-8-9-10-11-12-13-14-18-23-34-24-21-31(37)36-30(28-29-19-16-15-17-20-29)32(38)35-25-27-39-26-22-33/h15-17,19-20,30,34H,2-14,18,21-28,33H2,1H3,(H,35,38)(H,36,37). The van der Waals surface area contributed by atoms with Crippen LogP contribution in [0.25, 0.3) is 0 Å². The molecule has 0 fully saturated rings. The summed E-state index contributed by atoms with van der Waals surface area (Å²) in [5.74, 6) is -0.308. The topological polar surface area (TPSA) is 105 Å². The molecule has 1 rings (SSSR count). The van der Waals surface area contributed by atoms with Gasteiger partial charge in [0.2, 0.25) is 11.8 Å². The van der Waals surface area contributed by atoms with Gasteiger partial charge in [0.25, 0.3) is 0 Å². The van der Waals surface area contributed by atoms with Gasteiger partial charge in [0, 0.05) is 32.5 Å². The van der Waals surface area contributed by atoms with Gasteiger partial charge in [0.1, 0.15) is 6.04 Å². The second-order valence-corrected chi connectivity index (χ2v) is 10.6. The first kappa shape index (κ1) is 35.1. The highest BCUT2D eigenvalue weighted by Crippen LogP contribution is 2.12. The molecule has 0 aromatic heterocycles. The van der Waals surface area contributed by atoms with Crippen LogP contribution in [0, 0.1) is 0 Å². The number of benzene rings is 1. The molecule has 0 saturated carbocycles. The summed E-state index contributed by atoms with van der Waals surface area (Å²) in [5.41, 5.74) is 6.42. The van der Waals surface area contributed by atoms with E-state index in [0.29, 0.717) is 45.7 Å². The summed E-state index contributed by atoms with van der Waals surface area (Å²) in [6.45, 7) is 5.54. The first-order chi connectivity index (χ1) is 19.2. The SMILES string of the molecule is CCCCCCCCCCCCCCCCNCCC(=O)NC(Cc1ccccc1)C(=O)NCCOCCN. The van der Waals surface area contributed by atoms with Crippen molar-refractivity contribution < 1.29 is 14.3 Å². The third-order valence-electron chi connectivity index (χ3n) is 6.98. The Balaban J connectivity index is 2.09. The number of ether oxygens (including phenoxy) is 1. The zero-order valence-electron chi connectivity index (χ0n) is 24.8. The van der Waals surface area contributed by atoms with E-state index in [9.17, 15) is 9.59 Å². The number of hydrogen-bond donors (Lipinski definition) is 4. The molecule has 0 aliphatic carbocycles. The van der Waals surface area contributed by atoms with E-state index in [0.717, 1.165) is 18.5 Å². The summed E-state index contributed by atoms with van der Waals surface area (Å²) in [6, 6.07) is 9.14. The van der Waals surface area contributed by atoms with Crippen LogP contribution < -0.4 is 21.7 Å². The fourth-order valence-corrected chi connectivity index (χ4v) is 4.65. The third-order valence-corrected chi connectivity index (χ3v) is 6.98. The lowest BCUT2D eigenvalue weighted by Gasteiger charge is -2.19. The van der Waals surface area contributed by atoms with E-state index >= 15 is 0 Å². The summed E-state index contributed by atoms with van der Waals surface area (Å²) in [5, 5.41) is 9.16. The Hall–Kier alpha value is -1.96. The minimum atomic E-state index is -0.611. The Bertz CT molecular complexity index is 702. The van der Waals surface area contributed by atoms with Gasteiger partial charge in [-0.25, -0.2) is 0 Å². The highest BCUT2D eigenvalue weighted by molar-refractivity contribution is 5.87. The van der Waals surface area contributed by atoms with Gasteiger partial charge in [-0.2, -0.15) is 0 Å². The van der Waals surface area contributed by atoms with E-state index in [1.54, 1.807) is 0 Å². The summed E-state index contributed by atoms with van der Waals surface area (Å²) in [4.78, 5) is 25.3. The zero-order valence-corrected chi connectivity index (χ0v) is 24.8. The molecule has 0 aliphatic heterocycles. The van der Waals surface area contributed by atoms with E-state index in [-0.39, 0.29) is 11.8 Å². The number of carbonyl (C=O) groups excluding carboxylic acids is 2. The van der Waals surface area contributed by atoms with Crippen molar-refractivity contribution in [3.63, 3.8) is 0 Å². The van der Waals surface area contributed by atoms with Crippen molar-refractivity contribution in [3.8, 4) is 0 Å². The maximum Gasteiger partial charge on any atom is 0.243 e. The Morgan fingerprint density at radius 1 is 0.769 bits per heavy atom. The van der Waals surface area contributed by atoms with Crippen LogP contribution in [0.15, 0.2) is 30.3 Å². The number of rotatable bonds is 27. The van der Waals surface area contributed by atoms with Gasteiger partial charge in [-0.1, -0.05) is 121 Å². The second kappa shape index (κ2) is 26.3. The van der Waals surface area contributed by atoms with Gasteiger partial charge < -0.3 is 26.4 Å². The highest BCUT2D eigenvalue weighted by Gasteiger charge is 2.20. The Labute approximate surface area is 238 Å².